The van der Waals surface area contributed by atoms with Gasteiger partial charge in [0.2, 0.25) is 16.9 Å². The zero-order chi connectivity index (χ0) is 19.9. The Hall–Kier alpha value is -2.85. The minimum Gasteiger partial charge on any atom is -0.467 e. The van der Waals surface area contributed by atoms with Gasteiger partial charge in [-0.25, -0.2) is 0 Å². The molecule has 0 aliphatic rings. The number of amides is 2. The molecule has 2 heterocycles. The lowest BCUT2D eigenvalue weighted by Crippen LogP contribution is -2.22. The van der Waals surface area contributed by atoms with E-state index in [2.05, 4.69) is 26.1 Å². The summed E-state index contributed by atoms with van der Waals surface area (Å²) in [4.78, 5) is 23.4. The number of nitrogens with one attached hydrogen (secondary N) is 3. The van der Waals surface area contributed by atoms with Gasteiger partial charge in [-0.1, -0.05) is 23.1 Å². The number of thioether (sulfide) groups is 1. The minimum atomic E-state index is -0.346. The van der Waals surface area contributed by atoms with Crippen molar-refractivity contribution in [3.8, 4) is 0 Å². The number of rotatable bonds is 8. The average Bonchev–Trinajstić information content (AvgIpc) is 3.33. The number of hydrogen-bond donors (Lipinski definition) is 3. The SMILES string of the molecule is CC(=O)Nc1ccc(NC(=O)[C@@H](C)Sc2nnc(NCc3ccco3)s2)cc1. The molecular weight excluding hydrogens is 398 g/mol. The normalized spacial score (nSPS) is 11.6. The largest absolute Gasteiger partial charge is 0.467 e. The second-order valence-electron chi connectivity index (χ2n) is 5.81. The molecule has 0 aliphatic heterocycles. The molecule has 3 rings (SSSR count). The predicted molar refractivity (Wildman–Crippen MR) is 111 cm³/mol. The van der Waals surface area contributed by atoms with Gasteiger partial charge in [0.05, 0.1) is 18.1 Å². The zero-order valence-corrected chi connectivity index (χ0v) is 16.9. The second-order valence-corrected chi connectivity index (χ2v) is 8.38. The molecule has 3 N–H and O–H groups in total. The van der Waals surface area contributed by atoms with Gasteiger partial charge in [-0.15, -0.1) is 10.2 Å². The fraction of sp³-hybridized carbons (Fsp3) is 0.222. The summed E-state index contributed by atoms with van der Waals surface area (Å²) < 4.78 is 5.96. The predicted octanol–water partition coefficient (Wildman–Crippen LogP) is 3.82. The molecule has 8 nitrogen and oxygen atoms in total. The first-order valence-corrected chi connectivity index (χ1v) is 10.1. The van der Waals surface area contributed by atoms with Crippen molar-refractivity contribution >= 4 is 51.4 Å². The highest BCUT2D eigenvalue weighted by molar-refractivity contribution is 8.02. The molecule has 28 heavy (non-hydrogen) atoms. The van der Waals surface area contributed by atoms with E-state index in [1.54, 1.807) is 30.5 Å². The highest BCUT2D eigenvalue weighted by Gasteiger charge is 2.17. The van der Waals surface area contributed by atoms with Crippen molar-refractivity contribution < 1.29 is 14.0 Å². The first-order chi connectivity index (χ1) is 13.5. The summed E-state index contributed by atoms with van der Waals surface area (Å²) in [6.45, 7) is 3.78. The van der Waals surface area contributed by atoms with Crippen LogP contribution in [-0.2, 0) is 16.1 Å². The molecule has 0 spiro atoms. The Labute approximate surface area is 170 Å². The average molecular weight is 418 g/mol. The molecule has 146 valence electrons. The molecule has 2 amide bonds. The number of benzene rings is 1. The summed E-state index contributed by atoms with van der Waals surface area (Å²) in [5, 5.41) is 17.2. The molecule has 1 atom stereocenters. The Balaban J connectivity index is 1.49. The lowest BCUT2D eigenvalue weighted by Gasteiger charge is -2.11. The van der Waals surface area contributed by atoms with Crippen LogP contribution in [0.2, 0.25) is 0 Å². The van der Waals surface area contributed by atoms with Crippen LogP contribution < -0.4 is 16.0 Å². The van der Waals surface area contributed by atoms with Gasteiger partial charge >= 0.3 is 0 Å². The van der Waals surface area contributed by atoms with E-state index >= 15 is 0 Å². The van der Waals surface area contributed by atoms with Gasteiger partial charge in [0.1, 0.15) is 5.76 Å². The maximum atomic E-state index is 12.4. The van der Waals surface area contributed by atoms with Crippen molar-refractivity contribution in [3.05, 3.63) is 48.4 Å². The lowest BCUT2D eigenvalue weighted by atomic mass is 10.2. The number of carbonyl (C=O) groups excluding carboxylic acids is 2. The number of furan rings is 1. The van der Waals surface area contributed by atoms with Crippen LogP contribution >= 0.6 is 23.1 Å². The molecule has 0 saturated carbocycles. The van der Waals surface area contributed by atoms with Crippen LogP contribution in [0.15, 0.2) is 51.4 Å². The van der Waals surface area contributed by atoms with Crippen molar-refractivity contribution in [3.63, 3.8) is 0 Å². The Morgan fingerprint density at radius 2 is 1.86 bits per heavy atom. The first kappa shape index (κ1) is 19.9. The Kier molecular flexibility index (Phi) is 6.66. The number of nitrogens with zero attached hydrogens (tertiary/aromatic N) is 2. The molecule has 0 saturated heterocycles. The van der Waals surface area contributed by atoms with E-state index in [0.717, 1.165) is 5.76 Å². The minimum absolute atomic E-state index is 0.141. The van der Waals surface area contributed by atoms with Crippen LogP contribution in [0.1, 0.15) is 19.6 Å². The van der Waals surface area contributed by atoms with Gasteiger partial charge in [-0.3, -0.25) is 9.59 Å². The van der Waals surface area contributed by atoms with Crippen LogP contribution in [0.3, 0.4) is 0 Å². The van der Waals surface area contributed by atoms with E-state index in [1.165, 1.54) is 30.0 Å². The summed E-state index contributed by atoms with van der Waals surface area (Å²) in [5.74, 6) is 0.524. The molecule has 2 aromatic heterocycles. The number of anilines is 3. The fourth-order valence-corrected chi connectivity index (χ4v) is 4.09. The second kappa shape index (κ2) is 9.38. The van der Waals surface area contributed by atoms with Crippen LogP contribution in [0.5, 0.6) is 0 Å². The van der Waals surface area contributed by atoms with Crippen LogP contribution in [0, 0.1) is 0 Å². The van der Waals surface area contributed by atoms with Gasteiger partial charge in [-0.05, 0) is 43.3 Å². The summed E-state index contributed by atoms with van der Waals surface area (Å²) >= 11 is 2.72. The number of hydrogen-bond acceptors (Lipinski definition) is 8. The fourth-order valence-electron chi connectivity index (χ4n) is 2.19. The van der Waals surface area contributed by atoms with E-state index in [-0.39, 0.29) is 17.1 Å². The van der Waals surface area contributed by atoms with Crippen molar-refractivity contribution in [2.45, 2.75) is 30.0 Å². The highest BCUT2D eigenvalue weighted by Crippen LogP contribution is 2.29. The molecule has 3 aromatic rings. The summed E-state index contributed by atoms with van der Waals surface area (Å²) in [6.07, 6.45) is 1.62. The van der Waals surface area contributed by atoms with Crippen LogP contribution in [0.4, 0.5) is 16.5 Å². The lowest BCUT2D eigenvalue weighted by molar-refractivity contribution is -0.115. The third-order valence-electron chi connectivity index (χ3n) is 3.52. The maximum absolute atomic E-state index is 12.4. The quantitative estimate of drug-likeness (QED) is 0.478. The summed E-state index contributed by atoms with van der Waals surface area (Å²) in [5.41, 5.74) is 1.33. The zero-order valence-electron chi connectivity index (χ0n) is 15.3. The van der Waals surface area contributed by atoms with Gasteiger partial charge in [0, 0.05) is 18.3 Å². The van der Waals surface area contributed by atoms with E-state index in [4.69, 9.17) is 4.42 Å². The molecule has 0 unspecified atom stereocenters. The first-order valence-electron chi connectivity index (χ1n) is 8.44. The molecule has 1 aromatic carbocycles. The Bertz CT molecular complexity index is 925. The molecule has 0 bridgehead atoms. The standard InChI is InChI=1S/C18H19N5O3S2/c1-11(16(25)21-14-7-5-13(6-8-14)20-12(2)24)27-18-23-22-17(28-18)19-10-15-4-3-9-26-15/h3-9,11H,10H2,1-2H3,(H,19,22)(H,20,24)(H,21,25)/t11-/m1/s1. The van der Waals surface area contributed by atoms with E-state index < -0.39 is 0 Å². The third kappa shape index (κ3) is 5.83. The van der Waals surface area contributed by atoms with Gasteiger partial charge < -0.3 is 20.4 Å². The number of aromatic nitrogens is 2. The molecule has 0 fully saturated rings. The summed E-state index contributed by atoms with van der Waals surface area (Å²) in [7, 11) is 0. The molecule has 10 heteroatoms. The van der Waals surface area contributed by atoms with Crippen LogP contribution in [-0.4, -0.2) is 27.3 Å². The van der Waals surface area contributed by atoms with E-state index in [9.17, 15) is 9.59 Å². The number of carbonyl (C=O) groups is 2. The Morgan fingerprint density at radius 1 is 1.14 bits per heavy atom. The topological polar surface area (TPSA) is 109 Å². The van der Waals surface area contributed by atoms with Crippen molar-refractivity contribution in [1.29, 1.82) is 0 Å². The molecular formula is C18H19N5O3S2. The van der Waals surface area contributed by atoms with Crippen molar-refractivity contribution in [2.75, 3.05) is 16.0 Å². The van der Waals surface area contributed by atoms with Gasteiger partial charge in [0.15, 0.2) is 4.34 Å². The van der Waals surface area contributed by atoms with Gasteiger partial charge in [-0.2, -0.15) is 0 Å². The summed E-state index contributed by atoms with van der Waals surface area (Å²) in [6, 6.07) is 10.6. The Morgan fingerprint density at radius 3 is 2.50 bits per heavy atom. The monoisotopic (exact) mass is 417 g/mol. The van der Waals surface area contributed by atoms with Gasteiger partial charge in [0.25, 0.3) is 0 Å². The molecule has 0 radical (unpaired) electrons. The smallest absolute Gasteiger partial charge is 0.237 e. The van der Waals surface area contributed by atoms with E-state index in [1.807, 2.05) is 19.1 Å². The highest BCUT2D eigenvalue weighted by atomic mass is 32.2. The van der Waals surface area contributed by atoms with Crippen molar-refractivity contribution in [1.82, 2.24) is 10.2 Å². The third-order valence-corrected chi connectivity index (χ3v) is 5.59. The van der Waals surface area contributed by atoms with Crippen LogP contribution in [0.25, 0.3) is 0 Å². The maximum Gasteiger partial charge on any atom is 0.237 e. The molecule has 0 aliphatic carbocycles. The van der Waals surface area contributed by atoms with E-state index in [0.29, 0.717) is 27.4 Å². The van der Waals surface area contributed by atoms with Crippen molar-refractivity contribution in [2.24, 2.45) is 0 Å².